The number of carbonyl (C=O) groups excluding carboxylic acids is 1. The van der Waals surface area contributed by atoms with Gasteiger partial charge in [0.1, 0.15) is 0 Å². The Morgan fingerprint density at radius 2 is 1.94 bits per heavy atom. The average Bonchev–Trinajstić information content (AvgIpc) is 2.27. The number of rotatable bonds is 4. The van der Waals surface area contributed by atoms with Crippen LogP contribution in [0.15, 0.2) is 18.2 Å². The number of benzene rings is 1. The van der Waals surface area contributed by atoms with Crippen LogP contribution in [0, 0.1) is 6.92 Å². The van der Waals surface area contributed by atoms with Gasteiger partial charge in [-0.15, -0.1) is 0 Å². The molecule has 0 bridgehead atoms. The van der Waals surface area contributed by atoms with E-state index in [0.717, 1.165) is 5.56 Å². The molecule has 0 aliphatic carbocycles. The predicted molar refractivity (Wildman–Crippen MR) is 70.2 cm³/mol. The number of anilines is 1. The summed E-state index contributed by atoms with van der Waals surface area (Å²) in [6.45, 7) is 4.94. The largest absolute Gasteiger partial charge is 0.465 e. The van der Waals surface area contributed by atoms with Crippen molar-refractivity contribution in [1.29, 1.82) is 0 Å². The fourth-order valence-corrected chi connectivity index (χ4v) is 2.01. The van der Waals surface area contributed by atoms with Crippen molar-refractivity contribution in [1.82, 2.24) is 0 Å². The van der Waals surface area contributed by atoms with Crippen molar-refractivity contribution in [2.75, 3.05) is 11.8 Å². The van der Waals surface area contributed by atoms with Crippen LogP contribution in [0.2, 0.25) is 0 Å². The molecule has 1 aromatic carbocycles. The topological polar surface area (TPSA) is 72.5 Å². The molecule has 0 spiro atoms. The number of nitrogens with one attached hydrogen (secondary N) is 1. The summed E-state index contributed by atoms with van der Waals surface area (Å²) in [6.07, 6.45) is 0. The lowest BCUT2D eigenvalue weighted by atomic mass is 10.1. The van der Waals surface area contributed by atoms with Gasteiger partial charge >= 0.3 is 5.97 Å². The number of methoxy groups -OCH3 is 1. The minimum atomic E-state index is -3.49. The zero-order valence-corrected chi connectivity index (χ0v) is 11.7. The zero-order valence-electron chi connectivity index (χ0n) is 10.9. The van der Waals surface area contributed by atoms with Gasteiger partial charge in [-0.25, -0.2) is 13.2 Å². The summed E-state index contributed by atoms with van der Waals surface area (Å²) in [4.78, 5) is 11.5. The van der Waals surface area contributed by atoms with Gasteiger partial charge in [-0.2, -0.15) is 0 Å². The van der Waals surface area contributed by atoms with E-state index in [4.69, 9.17) is 0 Å². The Balaban J connectivity index is 3.23. The quantitative estimate of drug-likeness (QED) is 0.849. The summed E-state index contributed by atoms with van der Waals surface area (Å²) in [5, 5.41) is -0.580. The number of hydrogen-bond donors (Lipinski definition) is 1. The van der Waals surface area contributed by atoms with Gasteiger partial charge in [-0.1, -0.05) is 6.07 Å². The molecule has 0 radical (unpaired) electrons. The molecule has 0 atom stereocenters. The van der Waals surface area contributed by atoms with Crippen LogP contribution < -0.4 is 4.72 Å². The normalized spacial score (nSPS) is 11.4. The minimum Gasteiger partial charge on any atom is -0.465 e. The van der Waals surface area contributed by atoms with Crippen molar-refractivity contribution in [2.45, 2.75) is 26.0 Å². The van der Waals surface area contributed by atoms with Gasteiger partial charge in [0, 0.05) is 0 Å². The van der Waals surface area contributed by atoms with E-state index < -0.39 is 21.2 Å². The summed E-state index contributed by atoms with van der Waals surface area (Å²) in [5.74, 6) is -0.573. The van der Waals surface area contributed by atoms with Gasteiger partial charge in [-0.05, 0) is 38.5 Å². The Labute approximate surface area is 107 Å². The van der Waals surface area contributed by atoms with Crippen molar-refractivity contribution in [3.05, 3.63) is 29.3 Å². The average molecular weight is 271 g/mol. The Bertz CT molecular complexity index is 549. The van der Waals surface area contributed by atoms with Crippen LogP contribution >= 0.6 is 0 Å². The molecule has 1 aromatic rings. The molecule has 0 aromatic heterocycles. The van der Waals surface area contributed by atoms with Crippen LogP contribution in [0.5, 0.6) is 0 Å². The Hall–Kier alpha value is -1.56. The molecule has 0 aliphatic rings. The SMILES string of the molecule is COC(=O)c1ccc(C)cc1NS(=O)(=O)C(C)C. The van der Waals surface area contributed by atoms with Gasteiger partial charge < -0.3 is 4.74 Å². The number of aryl methyl sites for hydroxylation is 1. The molecule has 0 aliphatic heterocycles. The first-order chi connectivity index (χ1) is 8.27. The van der Waals surface area contributed by atoms with Crippen LogP contribution in [0.25, 0.3) is 0 Å². The van der Waals surface area contributed by atoms with E-state index in [0.29, 0.717) is 0 Å². The maximum Gasteiger partial charge on any atom is 0.339 e. The van der Waals surface area contributed by atoms with Crippen molar-refractivity contribution in [3.8, 4) is 0 Å². The smallest absolute Gasteiger partial charge is 0.339 e. The number of ether oxygens (including phenoxy) is 1. The minimum absolute atomic E-state index is 0.201. The molecule has 0 unspecified atom stereocenters. The number of sulfonamides is 1. The van der Waals surface area contributed by atoms with Crippen LogP contribution in [-0.2, 0) is 14.8 Å². The molecule has 0 saturated carbocycles. The second-order valence-electron chi connectivity index (χ2n) is 4.24. The zero-order chi connectivity index (χ0) is 13.9. The summed E-state index contributed by atoms with van der Waals surface area (Å²) in [6, 6.07) is 4.87. The monoisotopic (exact) mass is 271 g/mol. The number of esters is 1. The molecule has 100 valence electrons. The lowest BCUT2D eigenvalue weighted by molar-refractivity contribution is 0.0602. The summed E-state index contributed by atoms with van der Waals surface area (Å²) in [7, 11) is -2.24. The van der Waals surface area contributed by atoms with E-state index in [1.807, 2.05) is 6.92 Å². The van der Waals surface area contributed by atoms with Gasteiger partial charge in [0.15, 0.2) is 0 Å². The van der Waals surface area contributed by atoms with E-state index in [1.54, 1.807) is 32.0 Å². The highest BCUT2D eigenvalue weighted by atomic mass is 32.2. The van der Waals surface area contributed by atoms with Gasteiger partial charge in [0.05, 0.1) is 23.6 Å². The molecule has 0 fully saturated rings. The lowest BCUT2D eigenvalue weighted by Crippen LogP contribution is -2.24. The molecule has 0 amide bonds. The Morgan fingerprint density at radius 3 is 2.44 bits per heavy atom. The standard InChI is InChI=1S/C12H17NO4S/c1-8(2)18(15,16)13-11-7-9(3)5-6-10(11)12(14)17-4/h5-8,13H,1-4H3. The Morgan fingerprint density at radius 1 is 1.33 bits per heavy atom. The summed E-state index contributed by atoms with van der Waals surface area (Å²) < 4.78 is 30.7. The molecule has 1 N–H and O–H groups in total. The lowest BCUT2D eigenvalue weighted by Gasteiger charge is -2.14. The third-order valence-corrected chi connectivity index (χ3v) is 4.20. The second-order valence-corrected chi connectivity index (χ2v) is 6.47. The predicted octanol–water partition coefficient (Wildman–Crippen LogP) is 1.93. The summed E-state index contributed by atoms with van der Waals surface area (Å²) >= 11 is 0. The number of carbonyl (C=O) groups is 1. The Kier molecular flexibility index (Phi) is 4.34. The first-order valence-electron chi connectivity index (χ1n) is 5.48. The van der Waals surface area contributed by atoms with E-state index in [1.165, 1.54) is 7.11 Å². The van der Waals surface area contributed by atoms with Gasteiger partial charge in [0.25, 0.3) is 0 Å². The van der Waals surface area contributed by atoms with Crippen LogP contribution in [0.1, 0.15) is 29.8 Å². The highest BCUT2D eigenvalue weighted by Gasteiger charge is 2.20. The molecule has 0 saturated heterocycles. The van der Waals surface area contributed by atoms with Crippen LogP contribution in [-0.4, -0.2) is 26.7 Å². The van der Waals surface area contributed by atoms with E-state index in [2.05, 4.69) is 9.46 Å². The van der Waals surface area contributed by atoms with Crippen molar-refractivity contribution < 1.29 is 17.9 Å². The van der Waals surface area contributed by atoms with Gasteiger partial charge in [-0.3, -0.25) is 4.72 Å². The fraction of sp³-hybridized carbons (Fsp3) is 0.417. The van der Waals surface area contributed by atoms with Crippen LogP contribution in [0.3, 0.4) is 0 Å². The molecular formula is C12H17NO4S. The molecule has 0 heterocycles. The fourth-order valence-electron chi connectivity index (χ4n) is 1.30. The van der Waals surface area contributed by atoms with Crippen molar-refractivity contribution in [2.24, 2.45) is 0 Å². The molecule has 18 heavy (non-hydrogen) atoms. The van der Waals surface area contributed by atoms with Gasteiger partial charge in [0.2, 0.25) is 10.0 Å². The van der Waals surface area contributed by atoms with Crippen molar-refractivity contribution in [3.63, 3.8) is 0 Å². The first kappa shape index (κ1) is 14.5. The summed E-state index contributed by atoms with van der Waals surface area (Å²) in [5.41, 5.74) is 1.30. The molecule has 6 heteroatoms. The molecular weight excluding hydrogens is 254 g/mol. The maximum absolute atomic E-state index is 11.8. The highest BCUT2D eigenvalue weighted by Crippen LogP contribution is 2.21. The maximum atomic E-state index is 11.8. The van der Waals surface area contributed by atoms with Crippen LogP contribution in [0.4, 0.5) is 5.69 Å². The van der Waals surface area contributed by atoms with E-state index in [9.17, 15) is 13.2 Å². The van der Waals surface area contributed by atoms with Crippen molar-refractivity contribution >= 4 is 21.7 Å². The third-order valence-electron chi connectivity index (χ3n) is 2.45. The van der Waals surface area contributed by atoms with E-state index >= 15 is 0 Å². The molecule has 5 nitrogen and oxygen atoms in total. The number of hydrogen-bond acceptors (Lipinski definition) is 4. The highest BCUT2D eigenvalue weighted by molar-refractivity contribution is 7.93. The molecule has 1 rings (SSSR count). The second kappa shape index (κ2) is 5.39. The first-order valence-corrected chi connectivity index (χ1v) is 7.03. The van der Waals surface area contributed by atoms with E-state index in [-0.39, 0.29) is 11.3 Å². The third kappa shape index (κ3) is 3.22.